The van der Waals surface area contributed by atoms with Gasteiger partial charge < -0.3 is 9.74 Å². The molecule has 6 heteroatoms. The smallest absolute Gasteiger partial charge is 0.280 e. The molecule has 0 fully saturated rings. The molecule has 1 amide bonds. The molecule has 0 saturated carbocycles. The van der Waals surface area contributed by atoms with Crippen molar-refractivity contribution in [3.05, 3.63) is 27.7 Å². The van der Waals surface area contributed by atoms with Gasteiger partial charge in [0.05, 0.1) is 15.7 Å². The average Bonchev–Trinajstić information content (AvgIpc) is 2.46. The van der Waals surface area contributed by atoms with Crippen LogP contribution >= 0.6 is 23.2 Å². The quantitative estimate of drug-likeness (QED) is 0.726. The standard InChI is InChI=1S/C10H8Cl2N2O2/c1-14-8-4-7(12)6(11)3-5(8)9(10(14)15)13-16-2/h3-4H,1-2H3. The third-order valence-electron chi connectivity index (χ3n) is 2.34. The molecule has 0 atom stereocenters. The predicted molar refractivity (Wildman–Crippen MR) is 63.4 cm³/mol. The van der Waals surface area contributed by atoms with Crippen molar-refractivity contribution < 1.29 is 9.63 Å². The van der Waals surface area contributed by atoms with Crippen LogP contribution in [0.2, 0.25) is 10.0 Å². The number of halogens is 2. The van der Waals surface area contributed by atoms with Crippen LogP contribution < -0.4 is 4.90 Å². The lowest BCUT2D eigenvalue weighted by Gasteiger charge is -2.09. The van der Waals surface area contributed by atoms with Crippen LogP contribution in [0.3, 0.4) is 0 Å². The minimum absolute atomic E-state index is 0.235. The Hall–Kier alpha value is -1.26. The number of amides is 1. The van der Waals surface area contributed by atoms with E-state index >= 15 is 0 Å². The summed E-state index contributed by atoms with van der Waals surface area (Å²) in [6, 6.07) is 3.24. The van der Waals surface area contributed by atoms with Gasteiger partial charge in [0.2, 0.25) is 0 Å². The molecule has 0 aliphatic carbocycles. The Balaban J connectivity index is 2.66. The van der Waals surface area contributed by atoms with Crippen molar-refractivity contribution in [3.63, 3.8) is 0 Å². The Morgan fingerprint density at radius 3 is 2.56 bits per heavy atom. The molecule has 4 nitrogen and oxygen atoms in total. The predicted octanol–water partition coefficient (Wildman–Crippen LogP) is 2.32. The second kappa shape index (κ2) is 3.96. The summed E-state index contributed by atoms with van der Waals surface area (Å²) in [5.74, 6) is -0.241. The number of carbonyl (C=O) groups is 1. The Labute approximate surface area is 102 Å². The van der Waals surface area contributed by atoms with E-state index in [9.17, 15) is 4.79 Å². The fourth-order valence-electron chi connectivity index (χ4n) is 1.57. The molecule has 0 saturated heterocycles. The molecule has 16 heavy (non-hydrogen) atoms. The number of rotatable bonds is 1. The first-order valence-corrected chi connectivity index (χ1v) is 5.20. The summed E-state index contributed by atoms with van der Waals surface area (Å²) in [5, 5.41) is 4.47. The van der Waals surface area contributed by atoms with Crippen molar-refractivity contribution >= 4 is 40.5 Å². The highest BCUT2D eigenvalue weighted by atomic mass is 35.5. The molecular formula is C10H8Cl2N2O2. The summed E-state index contributed by atoms with van der Waals surface area (Å²) >= 11 is 11.8. The minimum atomic E-state index is -0.241. The van der Waals surface area contributed by atoms with E-state index in [1.54, 1.807) is 19.2 Å². The third-order valence-corrected chi connectivity index (χ3v) is 3.07. The average molecular weight is 259 g/mol. The van der Waals surface area contributed by atoms with Gasteiger partial charge in [-0.3, -0.25) is 4.79 Å². The van der Waals surface area contributed by atoms with Crippen LogP contribution in [-0.2, 0) is 9.63 Å². The maximum absolute atomic E-state index is 11.8. The van der Waals surface area contributed by atoms with Gasteiger partial charge in [-0.25, -0.2) is 0 Å². The number of carbonyl (C=O) groups excluding carboxylic acids is 1. The fourth-order valence-corrected chi connectivity index (χ4v) is 1.89. The molecule has 1 aliphatic heterocycles. The number of benzene rings is 1. The summed E-state index contributed by atoms with van der Waals surface area (Å²) < 4.78 is 0. The first-order chi connectivity index (χ1) is 7.56. The Morgan fingerprint density at radius 1 is 1.31 bits per heavy atom. The molecule has 2 rings (SSSR count). The van der Waals surface area contributed by atoms with Crippen molar-refractivity contribution in [2.75, 3.05) is 19.1 Å². The van der Waals surface area contributed by atoms with Crippen LogP contribution in [0.15, 0.2) is 17.3 Å². The second-order valence-electron chi connectivity index (χ2n) is 3.27. The molecule has 0 unspecified atom stereocenters. The number of anilines is 1. The topological polar surface area (TPSA) is 41.9 Å². The summed E-state index contributed by atoms with van der Waals surface area (Å²) in [6.07, 6.45) is 0. The van der Waals surface area contributed by atoms with E-state index in [4.69, 9.17) is 23.2 Å². The molecule has 84 valence electrons. The first kappa shape index (κ1) is 11.2. The number of oxime groups is 1. The van der Waals surface area contributed by atoms with E-state index in [1.807, 2.05) is 0 Å². The highest BCUT2D eigenvalue weighted by molar-refractivity contribution is 6.55. The normalized spacial score (nSPS) is 16.9. The summed E-state index contributed by atoms with van der Waals surface area (Å²) in [7, 11) is 3.03. The molecule has 0 aromatic heterocycles. The van der Waals surface area contributed by atoms with Crippen molar-refractivity contribution in [1.82, 2.24) is 0 Å². The molecule has 0 N–H and O–H groups in total. The number of fused-ring (bicyclic) bond motifs is 1. The highest BCUT2D eigenvalue weighted by Crippen LogP contribution is 2.35. The lowest BCUT2D eigenvalue weighted by atomic mass is 10.1. The summed E-state index contributed by atoms with van der Waals surface area (Å²) in [5.41, 5.74) is 1.54. The van der Waals surface area contributed by atoms with Crippen molar-refractivity contribution in [3.8, 4) is 0 Å². The molecule has 1 heterocycles. The van der Waals surface area contributed by atoms with Crippen molar-refractivity contribution in [2.24, 2.45) is 5.16 Å². The molecule has 1 aromatic rings. The maximum atomic E-state index is 11.8. The Bertz CT molecular complexity index is 500. The van der Waals surface area contributed by atoms with Crippen LogP contribution in [0.4, 0.5) is 5.69 Å². The van der Waals surface area contributed by atoms with Crippen LogP contribution in [0.25, 0.3) is 0 Å². The van der Waals surface area contributed by atoms with Crippen LogP contribution in [-0.4, -0.2) is 25.8 Å². The van der Waals surface area contributed by atoms with Gasteiger partial charge in [0.1, 0.15) is 7.11 Å². The Morgan fingerprint density at radius 2 is 1.94 bits per heavy atom. The fraction of sp³-hybridized carbons (Fsp3) is 0.200. The first-order valence-electron chi connectivity index (χ1n) is 4.45. The zero-order valence-electron chi connectivity index (χ0n) is 8.62. The SMILES string of the molecule is CON=C1C(=O)N(C)c2cc(Cl)c(Cl)cc21. The van der Waals surface area contributed by atoms with Crippen LogP contribution in [0, 0.1) is 0 Å². The van der Waals surface area contributed by atoms with Crippen molar-refractivity contribution in [1.29, 1.82) is 0 Å². The van der Waals surface area contributed by atoms with Crippen molar-refractivity contribution in [2.45, 2.75) is 0 Å². The van der Waals surface area contributed by atoms with E-state index in [1.165, 1.54) is 12.0 Å². The van der Waals surface area contributed by atoms with Gasteiger partial charge >= 0.3 is 0 Å². The number of nitrogens with zero attached hydrogens (tertiary/aromatic N) is 2. The molecule has 0 bridgehead atoms. The highest BCUT2D eigenvalue weighted by Gasteiger charge is 2.33. The largest absolute Gasteiger partial charge is 0.398 e. The third kappa shape index (κ3) is 1.54. The Kier molecular flexibility index (Phi) is 2.78. The van der Waals surface area contributed by atoms with E-state index < -0.39 is 0 Å². The maximum Gasteiger partial charge on any atom is 0.280 e. The molecule has 1 aliphatic rings. The van der Waals surface area contributed by atoms with E-state index in [0.29, 0.717) is 21.3 Å². The summed E-state index contributed by atoms with van der Waals surface area (Å²) in [4.78, 5) is 17.9. The monoisotopic (exact) mass is 258 g/mol. The van der Waals surface area contributed by atoms with E-state index in [-0.39, 0.29) is 11.6 Å². The van der Waals surface area contributed by atoms with E-state index in [2.05, 4.69) is 9.99 Å². The zero-order valence-corrected chi connectivity index (χ0v) is 10.1. The van der Waals surface area contributed by atoms with Gasteiger partial charge in [-0.2, -0.15) is 0 Å². The van der Waals surface area contributed by atoms with Gasteiger partial charge in [0, 0.05) is 12.6 Å². The molecule has 0 radical (unpaired) electrons. The lowest BCUT2D eigenvalue weighted by Crippen LogP contribution is -2.25. The minimum Gasteiger partial charge on any atom is -0.398 e. The zero-order chi connectivity index (χ0) is 11.9. The molecule has 1 aromatic carbocycles. The molecular weight excluding hydrogens is 251 g/mol. The second-order valence-corrected chi connectivity index (χ2v) is 4.08. The number of likely N-dealkylation sites (N-methyl/N-ethyl adjacent to an activating group) is 1. The number of hydrogen-bond donors (Lipinski definition) is 0. The van der Waals surface area contributed by atoms with Gasteiger partial charge in [0.15, 0.2) is 5.71 Å². The van der Waals surface area contributed by atoms with Crippen LogP contribution in [0.1, 0.15) is 5.56 Å². The van der Waals surface area contributed by atoms with Gasteiger partial charge in [-0.05, 0) is 12.1 Å². The van der Waals surface area contributed by atoms with Gasteiger partial charge in [-0.1, -0.05) is 28.4 Å². The lowest BCUT2D eigenvalue weighted by molar-refractivity contribution is -0.112. The van der Waals surface area contributed by atoms with E-state index in [0.717, 1.165) is 0 Å². The molecule has 0 spiro atoms. The number of hydrogen-bond acceptors (Lipinski definition) is 3. The summed E-state index contributed by atoms with van der Waals surface area (Å²) in [6.45, 7) is 0. The van der Waals surface area contributed by atoms with Gasteiger partial charge in [-0.15, -0.1) is 0 Å². The van der Waals surface area contributed by atoms with Crippen LogP contribution in [0.5, 0.6) is 0 Å². The van der Waals surface area contributed by atoms with Gasteiger partial charge in [0.25, 0.3) is 5.91 Å².